The van der Waals surface area contributed by atoms with Gasteiger partial charge >= 0.3 is 0 Å². The van der Waals surface area contributed by atoms with Gasteiger partial charge in [-0.1, -0.05) is 32.8 Å². The Morgan fingerprint density at radius 1 is 1.58 bits per heavy atom. The van der Waals surface area contributed by atoms with Gasteiger partial charge in [0, 0.05) is 5.57 Å². The lowest BCUT2D eigenvalue weighted by Crippen LogP contribution is -2.23. The maximum Gasteiger partial charge on any atom is 0.246 e. The third-order valence-corrected chi connectivity index (χ3v) is 1.80. The quantitative estimate of drug-likeness (QED) is 0.462. The molecular weight excluding hydrogens is 154 g/mol. The zero-order valence-electron chi connectivity index (χ0n) is 7.55. The summed E-state index contributed by atoms with van der Waals surface area (Å²) in [5.41, 5.74) is 5.06. The van der Waals surface area contributed by atoms with Gasteiger partial charge in [-0.3, -0.25) is 4.79 Å². The van der Waals surface area contributed by atoms with E-state index in [2.05, 4.69) is 13.5 Å². The Morgan fingerprint density at radius 2 is 2.17 bits per heavy atom. The molecule has 0 heterocycles. The average Bonchev–Trinajstić information content (AvgIpc) is 2.03. The minimum absolute atomic E-state index is 0.117. The Morgan fingerprint density at radius 3 is 2.58 bits per heavy atom. The van der Waals surface area contributed by atoms with Crippen molar-refractivity contribution in [2.75, 3.05) is 0 Å². The van der Waals surface area contributed by atoms with Crippen LogP contribution >= 0.6 is 0 Å². The first-order valence-corrected chi connectivity index (χ1v) is 4.26. The fourth-order valence-corrected chi connectivity index (χ4v) is 0.926. The third kappa shape index (κ3) is 4.13. The van der Waals surface area contributed by atoms with E-state index in [4.69, 9.17) is 5.73 Å². The van der Waals surface area contributed by atoms with E-state index in [9.17, 15) is 9.90 Å². The molecular formula is C9H17NO2. The molecule has 1 unspecified atom stereocenters. The molecule has 0 saturated heterocycles. The highest BCUT2D eigenvalue weighted by molar-refractivity contribution is 5.92. The zero-order chi connectivity index (χ0) is 9.56. The van der Waals surface area contributed by atoms with Gasteiger partial charge in [0.15, 0.2) is 0 Å². The fourth-order valence-electron chi connectivity index (χ4n) is 0.926. The predicted octanol–water partition coefficient (Wildman–Crippen LogP) is 0.969. The summed E-state index contributed by atoms with van der Waals surface area (Å²) in [6, 6.07) is 0. The standard InChI is InChI=1S/C9H17NO2/c1-3-4-5-6-8(11)7(2)9(10)12/h8,11H,2-6H2,1H3,(H2,10,12). The van der Waals surface area contributed by atoms with E-state index in [0.717, 1.165) is 19.3 Å². The smallest absolute Gasteiger partial charge is 0.246 e. The maximum atomic E-state index is 10.5. The summed E-state index contributed by atoms with van der Waals surface area (Å²) in [5.74, 6) is -0.612. The number of hydrogen-bond donors (Lipinski definition) is 2. The molecule has 0 aliphatic heterocycles. The lowest BCUT2D eigenvalue weighted by molar-refractivity contribution is -0.115. The number of amides is 1. The van der Waals surface area contributed by atoms with Gasteiger partial charge in [-0.05, 0) is 6.42 Å². The molecule has 0 aliphatic carbocycles. The van der Waals surface area contributed by atoms with Crippen LogP contribution in [0.3, 0.4) is 0 Å². The van der Waals surface area contributed by atoms with Crippen LogP contribution in [0.15, 0.2) is 12.2 Å². The van der Waals surface area contributed by atoms with E-state index < -0.39 is 12.0 Å². The second-order valence-corrected chi connectivity index (χ2v) is 2.90. The lowest BCUT2D eigenvalue weighted by atomic mass is 10.0. The molecule has 0 bridgehead atoms. The first-order valence-electron chi connectivity index (χ1n) is 4.26. The number of hydrogen-bond acceptors (Lipinski definition) is 2. The Hall–Kier alpha value is -0.830. The minimum atomic E-state index is -0.756. The molecule has 1 atom stereocenters. The van der Waals surface area contributed by atoms with Gasteiger partial charge in [0.1, 0.15) is 0 Å². The summed E-state index contributed by atoms with van der Waals surface area (Å²) in [6.45, 7) is 5.49. The van der Waals surface area contributed by atoms with E-state index in [1.54, 1.807) is 0 Å². The number of nitrogens with two attached hydrogens (primary N) is 1. The SMILES string of the molecule is C=C(C(N)=O)C(O)CCCCC. The molecule has 3 heteroatoms. The van der Waals surface area contributed by atoms with Crippen molar-refractivity contribution in [3.05, 3.63) is 12.2 Å². The van der Waals surface area contributed by atoms with Gasteiger partial charge in [0.05, 0.1) is 6.10 Å². The maximum absolute atomic E-state index is 10.5. The molecule has 70 valence electrons. The van der Waals surface area contributed by atoms with Crippen molar-refractivity contribution >= 4 is 5.91 Å². The molecule has 0 rings (SSSR count). The minimum Gasteiger partial charge on any atom is -0.388 e. The number of carbonyl (C=O) groups is 1. The molecule has 0 aromatic rings. The Labute approximate surface area is 73.3 Å². The zero-order valence-corrected chi connectivity index (χ0v) is 7.55. The Bertz CT molecular complexity index is 166. The highest BCUT2D eigenvalue weighted by Gasteiger charge is 2.12. The molecule has 3 N–H and O–H groups in total. The number of carbonyl (C=O) groups excluding carboxylic acids is 1. The van der Waals surface area contributed by atoms with E-state index in [1.165, 1.54) is 0 Å². The predicted molar refractivity (Wildman–Crippen MR) is 48.5 cm³/mol. The summed E-state index contributed by atoms with van der Waals surface area (Å²) < 4.78 is 0. The molecule has 0 spiro atoms. The molecule has 0 aliphatic rings. The first-order chi connectivity index (χ1) is 5.59. The molecule has 0 radical (unpaired) electrons. The van der Waals surface area contributed by atoms with Crippen molar-refractivity contribution < 1.29 is 9.90 Å². The highest BCUT2D eigenvalue weighted by Crippen LogP contribution is 2.08. The normalized spacial score (nSPS) is 12.5. The summed E-state index contributed by atoms with van der Waals surface area (Å²) in [4.78, 5) is 10.5. The first kappa shape index (κ1) is 11.2. The number of rotatable bonds is 6. The largest absolute Gasteiger partial charge is 0.388 e. The number of aliphatic hydroxyl groups is 1. The van der Waals surface area contributed by atoms with Crippen LogP contribution in [-0.2, 0) is 4.79 Å². The van der Waals surface area contributed by atoms with Crippen LogP contribution in [0.5, 0.6) is 0 Å². The topological polar surface area (TPSA) is 63.3 Å². The monoisotopic (exact) mass is 171 g/mol. The second-order valence-electron chi connectivity index (χ2n) is 2.90. The van der Waals surface area contributed by atoms with E-state index in [1.807, 2.05) is 0 Å². The molecule has 1 amide bonds. The van der Waals surface area contributed by atoms with Crippen LogP contribution in [-0.4, -0.2) is 17.1 Å². The molecule has 0 fully saturated rings. The summed E-state index contributed by atoms with van der Waals surface area (Å²) in [5, 5.41) is 9.31. The number of aliphatic hydroxyl groups excluding tert-OH is 1. The van der Waals surface area contributed by atoms with Crippen LogP contribution in [0.25, 0.3) is 0 Å². The lowest BCUT2D eigenvalue weighted by Gasteiger charge is -2.09. The Balaban J connectivity index is 3.64. The van der Waals surface area contributed by atoms with Crippen LogP contribution < -0.4 is 5.73 Å². The van der Waals surface area contributed by atoms with Crippen molar-refractivity contribution in [1.82, 2.24) is 0 Å². The average molecular weight is 171 g/mol. The van der Waals surface area contributed by atoms with E-state index in [0.29, 0.717) is 6.42 Å². The van der Waals surface area contributed by atoms with Crippen molar-refractivity contribution in [1.29, 1.82) is 0 Å². The van der Waals surface area contributed by atoms with E-state index >= 15 is 0 Å². The fraction of sp³-hybridized carbons (Fsp3) is 0.667. The van der Waals surface area contributed by atoms with Crippen LogP contribution in [0.1, 0.15) is 32.6 Å². The van der Waals surface area contributed by atoms with Crippen LogP contribution in [0.4, 0.5) is 0 Å². The summed E-state index contributed by atoms with van der Waals surface area (Å²) in [6.07, 6.45) is 2.88. The van der Waals surface area contributed by atoms with Gasteiger partial charge in [0.2, 0.25) is 5.91 Å². The van der Waals surface area contributed by atoms with Crippen molar-refractivity contribution in [2.24, 2.45) is 5.73 Å². The third-order valence-electron chi connectivity index (χ3n) is 1.80. The van der Waals surface area contributed by atoms with Gasteiger partial charge < -0.3 is 10.8 Å². The Kier molecular flexibility index (Phi) is 5.37. The molecule has 0 saturated carbocycles. The van der Waals surface area contributed by atoms with Gasteiger partial charge in [-0.15, -0.1) is 0 Å². The van der Waals surface area contributed by atoms with Crippen molar-refractivity contribution in [3.63, 3.8) is 0 Å². The summed E-state index contributed by atoms with van der Waals surface area (Å²) in [7, 11) is 0. The van der Waals surface area contributed by atoms with E-state index in [-0.39, 0.29) is 5.57 Å². The van der Waals surface area contributed by atoms with Crippen LogP contribution in [0, 0.1) is 0 Å². The van der Waals surface area contributed by atoms with Crippen molar-refractivity contribution in [2.45, 2.75) is 38.7 Å². The number of unbranched alkanes of at least 4 members (excludes halogenated alkanes) is 2. The molecule has 12 heavy (non-hydrogen) atoms. The van der Waals surface area contributed by atoms with Gasteiger partial charge in [-0.25, -0.2) is 0 Å². The van der Waals surface area contributed by atoms with Gasteiger partial charge in [0.25, 0.3) is 0 Å². The summed E-state index contributed by atoms with van der Waals surface area (Å²) >= 11 is 0. The molecule has 0 aromatic carbocycles. The van der Waals surface area contributed by atoms with Gasteiger partial charge in [-0.2, -0.15) is 0 Å². The molecule has 3 nitrogen and oxygen atoms in total. The second kappa shape index (κ2) is 5.77. The highest BCUT2D eigenvalue weighted by atomic mass is 16.3. The molecule has 0 aromatic heterocycles. The van der Waals surface area contributed by atoms with Crippen LogP contribution in [0.2, 0.25) is 0 Å². The number of primary amides is 1. The van der Waals surface area contributed by atoms with Crippen molar-refractivity contribution in [3.8, 4) is 0 Å².